The molecule has 0 unspecified atom stereocenters. The van der Waals surface area contributed by atoms with Crippen LogP contribution in [0.1, 0.15) is 12.8 Å². The lowest BCUT2D eigenvalue weighted by Crippen LogP contribution is -2.55. The molecular formula is C13H21N5O2. The third-order valence-electron chi connectivity index (χ3n) is 4.05. The van der Waals surface area contributed by atoms with Gasteiger partial charge in [0.25, 0.3) is 5.91 Å². The number of nitrogens with zero attached hydrogens (tertiary/aromatic N) is 4. The van der Waals surface area contributed by atoms with Crippen molar-refractivity contribution in [3.05, 3.63) is 0 Å². The Bertz CT molecular complexity index is 435. The van der Waals surface area contributed by atoms with Gasteiger partial charge in [0, 0.05) is 26.2 Å². The van der Waals surface area contributed by atoms with Gasteiger partial charge in [-0.05, 0) is 26.9 Å². The fourth-order valence-corrected chi connectivity index (χ4v) is 2.73. The maximum absolute atomic E-state index is 12.3. The molecule has 0 radical (unpaired) electrons. The number of nitrogens with one attached hydrogen (secondary N) is 1. The van der Waals surface area contributed by atoms with Crippen LogP contribution in [0, 0.1) is 11.3 Å². The van der Waals surface area contributed by atoms with Gasteiger partial charge in [-0.3, -0.25) is 4.79 Å². The van der Waals surface area contributed by atoms with Crippen molar-refractivity contribution in [1.82, 2.24) is 20.0 Å². The second-order valence-electron chi connectivity index (χ2n) is 5.71. The van der Waals surface area contributed by atoms with Crippen molar-refractivity contribution in [2.75, 3.05) is 46.8 Å². The molecule has 0 saturated carbocycles. The number of nitriles is 1. The minimum Gasteiger partial charge on any atom is -0.323 e. The summed E-state index contributed by atoms with van der Waals surface area (Å²) in [7, 11) is 4.07. The number of rotatable bonds is 4. The molecule has 3 amide bonds. The SMILES string of the molecule is CN(C)CCN1CCC2(CC1)NC(=O)N(CC#N)C2=O. The number of carbonyl (C=O) groups is 2. The third kappa shape index (κ3) is 2.76. The topological polar surface area (TPSA) is 79.7 Å². The van der Waals surface area contributed by atoms with E-state index in [1.54, 1.807) is 0 Å². The van der Waals surface area contributed by atoms with E-state index in [0.29, 0.717) is 12.8 Å². The molecule has 2 aliphatic rings. The molecule has 20 heavy (non-hydrogen) atoms. The van der Waals surface area contributed by atoms with Crippen LogP contribution in [0.5, 0.6) is 0 Å². The number of hydrogen-bond donors (Lipinski definition) is 1. The molecule has 7 heteroatoms. The van der Waals surface area contributed by atoms with Crippen molar-refractivity contribution in [3.63, 3.8) is 0 Å². The first-order valence-corrected chi connectivity index (χ1v) is 6.87. The molecule has 2 fully saturated rings. The third-order valence-corrected chi connectivity index (χ3v) is 4.05. The molecule has 2 heterocycles. The van der Waals surface area contributed by atoms with Gasteiger partial charge in [-0.1, -0.05) is 0 Å². The summed E-state index contributed by atoms with van der Waals surface area (Å²) in [6, 6.07) is 1.43. The van der Waals surface area contributed by atoms with Crippen LogP contribution < -0.4 is 5.32 Å². The summed E-state index contributed by atoms with van der Waals surface area (Å²) in [5.41, 5.74) is -0.775. The second-order valence-corrected chi connectivity index (χ2v) is 5.71. The Labute approximate surface area is 119 Å². The average Bonchev–Trinajstić information content (AvgIpc) is 2.63. The van der Waals surface area contributed by atoms with Crippen LogP contribution in [-0.4, -0.2) is 79.0 Å². The first-order valence-electron chi connectivity index (χ1n) is 6.87. The van der Waals surface area contributed by atoms with E-state index in [0.717, 1.165) is 31.1 Å². The minimum absolute atomic E-state index is 0.170. The number of urea groups is 1. The van der Waals surface area contributed by atoms with E-state index < -0.39 is 11.6 Å². The van der Waals surface area contributed by atoms with Crippen molar-refractivity contribution in [1.29, 1.82) is 5.26 Å². The molecular weight excluding hydrogens is 258 g/mol. The standard InChI is InChI=1S/C13H21N5O2/c1-16(2)9-10-17-6-3-13(4-7-17)11(19)18(8-5-14)12(20)15-13/h3-4,6-10H2,1-2H3,(H,15,20). The molecule has 0 aromatic rings. The highest BCUT2D eigenvalue weighted by molar-refractivity contribution is 6.07. The number of imide groups is 1. The lowest BCUT2D eigenvalue weighted by Gasteiger charge is -2.37. The zero-order valence-electron chi connectivity index (χ0n) is 12.1. The number of piperidine rings is 1. The minimum atomic E-state index is -0.775. The Hall–Kier alpha value is -1.65. The maximum Gasteiger partial charge on any atom is 0.325 e. The van der Waals surface area contributed by atoms with Crippen molar-refractivity contribution in [2.24, 2.45) is 0 Å². The van der Waals surface area contributed by atoms with Crippen LogP contribution in [0.2, 0.25) is 0 Å². The first-order chi connectivity index (χ1) is 9.48. The van der Waals surface area contributed by atoms with E-state index in [4.69, 9.17) is 5.26 Å². The molecule has 0 atom stereocenters. The zero-order chi connectivity index (χ0) is 14.8. The van der Waals surface area contributed by atoms with E-state index >= 15 is 0 Å². The van der Waals surface area contributed by atoms with E-state index in [2.05, 4.69) is 15.1 Å². The van der Waals surface area contributed by atoms with E-state index in [1.807, 2.05) is 20.2 Å². The fraction of sp³-hybridized carbons (Fsp3) is 0.769. The summed E-state index contributed by atoms with van der Waals surface area (Å²) in [5, 5.41) is 11.5. The Kier molecular flexibility index (Phi) is 4.26. The van der Waals surface area contributed by atoms with Crippen LogP contribution in [0.4, 0.5) is 4.79 Å². The molecule has 0 aromatic heterocycles. The second kappa shape index (κ2) is 5.77. The summed E-state index contributed by atoms with van der Waals surface area (Å²) in [6.45, 7) is 3.36. The summed E-state index contributed by atoms with van der Waals surface area (Å²) in [4.78, 5) is 29.5. The van der Waals surface area contributed by atoms with Crippen LogP contribution >= 0.6 is 0 Å². The van der Waals surface area contributed by atoms with Crippen molar-refractivity contribution >= 4 is 11.9 Å². The predicted octanol–water partition coefficient (Wildman–Crippen LogP) is -0.542. The molecule has 0 bridgehead atoms. The van der Waals surface area contributed by atoms with Crippen molar-refractivity contribution in [3.8, 4) is 6.07 Å². The first kappa shape index (κ1) is 14.8. The van der Waals surface area contributed by atoms with Gasteiger partial charge in [-0.25, -0.2) is 9.69 Å². The Morgan fingerprint density at radius 1 is 1.35 bits per heavy atom. The highest BCUT2D eigenvalue weighted by Gasteiger charge is 2.52. The summed E-state index contributed by atoms with van der Waals surface area (Å²) in [5.74, 6) is -0.240. The number of likely N-dealkylation sites (N-methyl/N-ethyl adjacent to an activating group) is 1. The lowest BCUT2D eigenvalue weighted by molar-refractivity contribution is -0.132. The highest BCUT2D eigenvalue weighted by atomic mass is 16.2. The van der Waals surface area contributed by atoms with Gasteiger partial charge in [0.2, 0.25) is 0 Å². The van der Waals surface area contributed by atoms with Gasteiger partial charge < -0.3 is 15.1 Å². The Balaban J connectivity index is 1.94. The van der Waals surface area contributed by atoms with Crippen LogP contribution in [0.3, 0.4) is 0 Å². The quantitative estimate of drug-likeness (QED) is 0.552. The van der Waals surface area contributed by atoms with Crippen LogP contribution in [0.15, 0.2) is 0 Å². The number of likely N-dealkylation sites (tertiary alicyclic amines) is 1. The summed E-state index contributed by atoms with van der Waals surface area (Å²) >= 11 is 0. The van der Waals surface area contributed by atoms with Crippen LogP contribution in [0.25, 0.3) is 0 Å². The molecule has 0 aliphatic carbocycles. The number of hydrogen-bond acceptors (Lipinski definition) is 5. The van der Waals surface area contributed by atoms with Gasteiger partial charge in [0.15, 0.2) is 0 Å². The number of carbonyl (C=O) groups excluding carboxylic acids is 2. The largest absolute Gasteiger partial charge is 0.325 e. The lowest BCUT2D eigenvalue weighted by atomic mass is 9.87. The normalized spacial score (nSPS) is 22.4. The summed E-state index contributed by atoms with van der Waals surface area (Å²) < 4.78 is 0. The van der Waals surface area contributed by atoms with Gasteiger partial charge >= 0.3 is 6.03 Å². The Morgan fingerprint density at radius 2 is 2.00 bits per heavy atom. The van der Waals surface area contributed by atoms with Crippen molar-refractivity contribution in [2.45, 2.75) is 18.4 Å². The molecule has 2 rings (SSSR count). The molecule has 2 saturated heterocycles. The van der Waals surface area contributed by atoms with E-state index in [9.17, 15) is 9.59 Å². The molecule has 1 N–H and O–H groups in total. The Morgan fingerprint density at radius 3 is 2.55 bits per heavy atom. The highest BCUT2D eigenvalue weighted by Crippen LogP contribution is 2.29. The molecule has 1 spiro atoms. The fourth-order valence-electron chi connectivity index (χ4n) is 2.73. The van der Waals surface area contributed by atoms with Gasteiger partial charge in [0.05, 0.1) is 6.07 Å². The summed E-state index contributed by atoms with van der Waals surface area (Å²) in [6.07, 6.45) is 1.24. The van der Waals surface area contributed by atoms with Crippen molar-refractivity contribution < 1.29 is 9.59 Å². The van der Waals surface area contributed by atoms with Gasteiger partial charge in [-0.2, -0.15) is 5.26 Å². The van der Waals surface area contributed by atoms with Crippen LogP contribution in [-0.2, 0) is 4.79 Å². The smallest absolute Gasteiger partial charge is 0.323 e. The maximum atomic E-state index is 12.3. The van der Waals surface area contributed by atoms with Gasteiger partial charge in [-0.15, -0.1) is 0 Å². The van der Waals surface area contributed by atoms with E-state index in [-0.39, 0.29) is 12.5 Å². The molecule has 7 nitrogen and oxygen atoms in total. The molecule has 2 aliphatic heterocycles. The molecule has 110 valence electrons. The number of amides is 3. The monoisotopic (exact) mass is 279 g/mol. The predicted molar refractivity (Wildman–Crippen MR) is 72.8 cm³/mol. The van der Waals surface area contributed by atoms with Gasteiger partial charge in [0.1, 0.15) is 12.1 Å². The average molecular weight is 279 g/mol. The molecule has 0 aromatic carbocycles. The zero-order valence-corrected chi connectivity index (χ0v) is 12.1. The van der Waals surface area contributed by atoms with E-state index in [1.165, 1.54) is 0 Å².